The number of aliphatic hydroxyl groups is 2. The molecule has 6 heteroatoms. The Bertz CT molecular complexity index is 184. The fourth-order valence-electron chi connectivity index (χ4n) is 1.08. The average Bonchev–Trinajstić information content (AvgIpc) is 1.82. The lowest BCUT2D eigenvalue weighted by Gasteiger charge is -2.33. The summed E-state index contributed by atoms with van der Waals surface area (Å²) in [6.07, 6.45) is 0. The van der Waals surface area contributed by atoms with Crippen LogP contribution in [-0.2, 0) is 4.79 Å². The maximum Gasteiger partial charge on any atom is 0.317 e. The minimum absolute atomic E-state index is 0.00995. The van der Waals surface area contributed by atoms with Crippen molar-refractivity contribution in [1.82, 2.24) is 4.90 Å². The van der Waals surface area contributed by atoms with E-state index in [-0.39, 0.29) is 13.1 Å². The fourth-order valence-corrected chi connectivity index (χ4v) is 2.03. The largest absolute Gasteiger partial charge is 0.480 e. The zero-order valence-electron chi connectivity index (χ0n) is 6.43. The second-order valence-electron chi connectivity index (χ2n) is 2.70. The second kappa shape index (κ2) is 3.61. The van der Waals surface area contributed by atoms with Gasteiger partial charge in [-0.2, -0.15) is 0 Å². The molecule has 1 aliphatic rings. The van der Waals surface area contributed by atoms with E-state index in [1.165, 1.54) is 4.90 Å². The molecule has 0 bridgehead atoms. The van der Waals surface area contributed by atoms with Crippen molar-refractivity contribution in [2.75, 3.05) is 25.4 Å². The monoisotopic (exact) mass is 193 g/mol. The highest BCUT2D eigenvalue weighted by atomic mass is 32.2. The van der Waals surface area contributed by atoms with E-state index >= 15 is 0 Å². The number of aliphatic carboxylic acids is 1. The Labute approximate surface area is 74.0 Å². The summed E-state index contributed by atoms with van der Waals surface area (Å²) < 4.78 is 0. The third kappa shape index (κ3) is 2.98. The molecule has 0 radical (unpaired) electrons. The number of thioether (sulfide) groups is 1. The van der Waals surface area contributed by atoms with Gasteiger partial charge in [-0.1, -0.05) is 11.8 Å². The number of carbonyl (C=O) groups is 1. The molecule has 1 rings (SSSR count). The first kappa shape index (κ1) is 9.79. The van der Waals surface area contributed by atoms with Crippen molar-refractivity contribution < 1.29 is 20.1 Å². The Balaban J connectivity index is 2.41. The Kier molecular flexibility index (Phi) is 2.94. The quantitative estimate of drug-likeness (QED) is 0.476. The van der Waals surface area contributed by atoms with Crippen LogP contribution in [0.15, 0.2) is 0 Å². The maximum absolute atomic E-state index is 10.3. The Morgan fingerprint density at radius 1 is 1.58 bits per heavy atom. The number of hydrogen-bond acceptors (Lipinski definition) is 5. The van der Waals surface area contributed by atoms with Crippen molar-refractivity contribution in [2.24, 2.45) is 0 Å². The maximum atomic E-state index is 10.3. The van der Waals surface area contributed by atoms with E-state index in [4.69, 9.17) is 15.3 Å². The van der Waals surface area contributed by atoms with Gasteiger partial charge in [-0.05, 0) is 0 Å². The average molecular weight is 193 g/mol. The predicted molar refractivity (Wildman–Crippen MR) is 43.7 cm³/mol. The van der Waals surface area contributed by atoms with Crippen LogP contribution in [0.5, 0.6) is 0 Å². The van der Waals surface area contributed by atoms with Gasteiger partial charge in [-0.3, -0.25) is 9.69 Å². The topological polar surface area (TPSA) is 81.0 Å². The summed E-state index contributed by atoms with van der Waals surface area (Å²) in [5.41, 5.74) is 0. The molecule has 0 spiro atoms. The van der Waals surface area contributed by atoms with Crippen LogP contribution >= 0.6 is 11.8 Å². The van der Waals surface area contributed by atoms with Gasteiger partial charge >= 0.3 is 5.97 Å². The molecule has 1 heterocycles. The number of carboxylic acids is 1. The van der Waals surface area contributed by atoms with E-state index in [0.717, 1.165) is 11.8 Å². The molecule has 0 aromatic heterocycles. The molecule has 0 amide bonds. The predicted octanol–water partition coefficient (Wildman–Crippen LogP) is -1.24. The molecule has 0 atom stereocenters. The fraction of sp³-hybridized carbons (Fsp3) is 0.833. The summed E-state index contributed by atoms with van der Waals surface area (Å²) in [6.45, 7) is 0.438. The molecule has 1 saturated heterocycles. The van der Waals surface area contributed by atoms with Gasteiger partial charge in [0.1, 0.15) is 0 Å². The lowest BCUT2D eigenvalue weighted by Crippen LogP contribution is -2.48. The van der Waals surface area contributed by atoms with E-state index in [9.17, 15) is 4.79 Å². The van der Waals surface area contributed by atoms with E-state index in [2.05, 4.69) is 0 Å². The summed E-state index contributed by atoms with van der Waals surface area (Å²) in [5.74, 6) is -0.405. The molecule has 1 fully saturated rings. The summed E-state index contributed by atoms with van der Waals surface area (Å²) in [4.78, 5) is 11.8. The lowest BCUT2D eigenvalue weighted by molar-refractivity contribution is -0.141. The van der Waals surface area contributed by atoms with Gasteiger partial charge in [0.25, 0.3) is 0 Å². The molecule has 0 aromatic carbocycles. The molecular formula is C6H11NO4S. The molecule has 12 heavy (non-hydrogen) atoms. The minimum atomic E-state index is -1.78. The van der Waals surface area contributed by atoms with Crippen LogP contribution in [0.25, 0.3) is 0 Å². The second-order valence-corrected chi connectivity index (χ2v) is 4.05. The molecule has 3 N–H and O–H groups in total. The highest BCUT2D eigenvalue weighted by Crippen LogP contribution is 2.24. The number of carboxylic acid groups (broad SMARTS) is 1. The summed E-state index contributed by atoms with van der Waals surface area (Å²) in [5, 5.41) is 24.9. The van der Waals surface area contributed by atoms with Crippen molar-refractivity contribution >= 4 is 17.7 Å². The highest BCUT2D eigenvalue weighted by Gasteiger charge is 2.31. The number of nitrogens with zero attached hydrogens (tertiary/aromatic N) is 1. The van der Waals surface area contributed by atoms with Gasteiger partial charge in [0.05, 0.1) is 13.1 Å². The molecule has 1 aliphatic heterocycles. The van der Waals surface area contributed by atoms with Crippen LogP contribution in [0, 0.1) is 0 Å². The van der Waals surface area contributed by atoms with E-state index in [1.54, 1.807) is 0 Å². The minimum Gasteiger partial charge on any atom is -0.480 e. The Morgan fingerprint density at radius 3 is 2.75 bits per heavy atom. The van der Waals surface area contributed by atoms with Gasteiger partial charge in [0, 0.05) is 12.3 Å². The van der Waals surface area contributed by atoms with E-state index in [1.807, 2.05) is 0 Å². The molecule has 70 valence electrons. The van der Waals surface area contributed by atoms with E-state index in [0.29, 0.717) is 12.3 Å². The van der Waals surface area contributed by atoms with Gasteiger partial charge in [0.2, 0.25) is 5.12 Å². The van der Waals surface area contributed by atoms with Gasteiger partial charge in [-0.15, -0.1) is 0 Å². The molecule has 0 aliphatic carbocycles. The van der Waals surface area contributed by atoms with E-state index < -0.39 is 11.1 Å². The first-order chi connectivity index (χ1) is 5.49. The molecular weight excluding hydrogens is 182 g/mol. The van der Waals surface area contributed by atoms with Crippen molar-refractivity contribution in [3.8, 4) is 0 Å². The summed E-state index contributed by atoms with van der Waals surface area (Å²) >= 11 is 1.03. The van der Waals surface area contributed by atoms with Crippen molar-refractivity contribution in [1.29, 1.82) is 0 Å². The first-order valence-corrected chi connectivity index (χ1v) is 4.51. The SMILES string of the molecule is O=C(O)CN1CCSC(O)(O)C1. The van der Waals surface area contributed by atoms with Gasteiger partial charge in [0.15, 0.2) is 0 Å². The Hall–Kier alpha value is -0.300. The van der Waals surface area contributed by atoms with Crippen LogP contribution < -0.4 is 0 Å². The zero-order chi connectivity index (χ0) is 9.19. The van der Waals surface area contributed by atoms with Crippen LogP contribution in [0.3, 0.4) is 0 Å². The molecule has 0 aromatic rings. The number of hydrogen-bond donors (Lipinski definition) is 3. The normalized spacial score (nSPS) is 23.8. The van der Waals surface area contributed by atoms with Crippen LogP contribution in [0.4, 0.5) is 0 Å². The molecule has 5 nitrogen and oxygen atoms in total. The molecule has 0 unspecified atom stereocenters. The number of rotatable bonds is 2. The van der Waals surface area contributed by atoms with Crippen LogP contribution in [0.2, 0.25) is 0 Å². The van der Waals surface area contributed by atoms with Crippen molar-refractivity contribution in [3.05, 3.63) is 0 Å². The van der Waals surface area contributed by atoms with Crippen LogP contribution in [0.1, 0.15) is 0 Å². The Morgan fingerprint density at radius 2 is 2.25 bits per heavy atom. The standard InChI is InChI=1S/C6H11NO4S/c8-5(9)3-7-1-2-12-6(10,11)4-7/h10-11H,1-4H2,(H,8,9). The van der Waals surface area contributed by atoms with Gasteiger partial charge < -0.3 is 15.3 Å². The van der Waals surface area contributed by atoms with Crippen LogP contribution in [-0.4, -0.2) is 56.7 Å². The van der Waals surface area contributed by atoms with Crippen molar-refractivity contribution in [3.63, 3.8) is 0 Å². The molecule has 0 saturated carbocycles. The third-order valence-electron chi connectivity index (χ3n) is 1.53. The summed E-state index contributed by atoms with van der Waals surface area (Å²) in [7, 11) is 0. The number of β-amino-alcohol motifs (C(OH)–C–C–N with tert-alkyl or cyclic N) is 2. The first-order valence-electron chi connectivity index (χ1n) is 3.52. The smallest absolute Gasteiger partial charge is 0.317 e. The summed E-state index contributed by atoms with van der Waals surface area (Å²) in [6, 6.07) is 0. The van der Waals surface area contributed by atoms with Gasteiger partial charge in [-0.25, -0.2) is 0 Å². The highest BCUT2D eigenvalue weighted by molar-refractivity contribution is 8.00. The van der Waals surface area contributed by atoms with Crippen molar-refractivity contribution in [2.45, 2.75) is 5.12 Å². The third-order valence-corrected chi connectivity index (χ3v) is 2.51. The lowest BCUT2D eigenvalue weighted by atomic mass is 10.4. The zero-order valence-corrected chi connectivity index (χ0v) is 7.25.